The molecule has 0 spiro atoms. The first-order valence-corrected chi connectivity index (χ1v) is 10.0. The molecule has 0 unspecified atom stereocenters. The maximum absolute atomic E-state index is 12.7. The summed E-state index contributed by atoms with van der Waals surface area (Å²) in [6, 6.07) is 3.49. The van der Waals surface area contributed by atoms with E-state index in [1.165, 1.54) is 11.4 Å². The van der Waals surface area contributed by atoms with E-state index >= 15 is 0 Å². The molecular weight excluding hydrogens is 375 g/mol. The second-order valence-corrected chi connectivity index (χ2v) is 8.50. The van der Waals surface area contributed by atoms with E-state index in [1.807, 2.05) is 6.08 Å². The molecule has 1 aliphatic rings. The number of allylic oxidation sites excluding steroid dienone is 2. The van der Waals surface area contributed by atoms with Crippen LogP contribution in [0, 0.1) is 5.92 Å². The van der Waals surface area contributed by atoms with E-state index in [1.54, 1.807) is 0 Å². The summed E-state index contributed by atoms with van der Waals surface area (Å²) < 4.78 is 64.5. The van der Waals surface area contributed by atoms with Crippen molar-refractivity contribution in [2.45, 2.75) is 42.8 Å². The summed E-state index contributed by atoms with van der Waals surface area (Å²) in [6.45, 7) is 0. The van der Waals surface area contributed by atoms with Crippen LogP contribution in [0.5, 0.6) is 0 Å². The van der Waals surface area contributed by atoms with Gasteiger partial charge in [-0.15, -0.1) is 11.6 Å². The Kier molecular flexibility index (Phi) is 6.56. The lowest BCUT2D eigenvalue weighted by molar-refractivity contribution is -0.137. The summed E-state index contributed by atoms with van der Waals surface area (Å²) in [5.74, 6) is 0.861. The SMILES string of the molecule is CN(C1CCC(/C=C/CCl)CC1)S(=O)(=O)c1ccc(C(F)(F)F)cc1. The Balaban J connectivity index is 2.08. The van der Waals surface area contributed by atoms with Gasteiger partial charge in [-0.1, -0.05) is 12.2 Å². The number of nitrogens with zero attached hydrogens (tertiary/aromatic N) is 1. The van der Waals surface area contributed by atoms with Crippen LogP contribution in [0.4, 0.5) is 13.2 Å². The van der Waals surface area contributed by atoms with Crippen LogP contribution in [-0.2, 0) is 16.2 Å². The third-order valence-electron chi connectivity index (χ3n) is 4.61. The van der Waals surface area contributed by atoms with Gasteiger partial charge in [0.05, 0.1) is 10.5 Å². The maximum Gasteiger partial charge on any atom is 0.416 e. The molecule has 0 saturated heterocycles. The van der Waals surface area contributed by atoms with Gasteiger partial charge in [-0.25, -0.2) is 8.42 Å². The molecule has 0 heterocycles. The number of alkyl halides is 4. The van der Waals surface area contributed by atoms with Crippen molar-refractivity contribution in [2.24, 2.45) is 5.92 Å². The minimum Gasteiger partial charge on any atom is -0.207 e. The van der Waals surface area contributed by atoms with Crippen molar-refractivity contribution in [2.75, 3.05) is 12.9 Å². The highest BCUT2D eigenvalue weighted by Gasteiger charge is 2.33. The van der Waals surface area contributed by atoms with Gasteiger partial charge in [0.2, 0.25) is 10.0 Å². The summed E-state index contributed by atoms with van der Waals surface area (Å²) in [5, 5.41) is 0. The fraction of sp³-hybridized carbons (Fsp3) is 0.529. The fourth-order valence-corrected chi connectivity index (χ4v) is 4.60. The van der Waals surface area contributed by atoms with E-state index in [0.29, 0.717) is 24.6 Å². The summed E-state index contributed by atoms with van der Waals surface area (Å²) >= 11 is 5.62. The highest BCUT2D eigenvalue weighted by atomic mass is 35.5. The second-order valence-electron chi connectivity index (χ2n) is 6.19. The Labute approximate surface area is 151 Å². The number of hydrogen-bond donors (Lipinski definition) is 0. The van der Waals surface area contributed by atoms with Crippen LogP contribution in [0.25, 0.3) is 0 Å². The van der Waals surface area contributed by atoms with Crippen molar-refractivity contribution in [3.05, 3.63) is 42.0 Å². The van der Waals surface area contributed by atoms with E-state index in [9.17, 15) is 21.6 Å². The van der Waals surface area contributed by atoms with Gasteiger partial charge in [0, 0.05) is 19.0 Å². The highest BCUT2D eigenvalue weighted by Crippen LogP contribution is 2.32. The Morgan fingerprint density at radius 3 is 2.20 bits per heavy atom. The highest BCUT2D eigenvalue weighted by molar-refractivity contribution is 7.89. The first-order valence-electron chi connectivity index (χ1n) is 8.04. The Hall–Kier alpha value is -1.05. The third kappa shape index (κ3) is 4.99. The number of sulfonamides is 1. The summed E-state index contributed by atoms with van der Waals surface area (Å²) in [4.78, 5) is -0.118. The van der Waals surface area contributed by atoms with Gasteiger partial charge in [-0.05, 0) is 55.9 Å². The fourth-order valence-electron chi connectivity index (χ4n) is 3.08. The smallest absolute Gasteiger partial charge is 0.207 e. The number of benzene rings is 1. The molecule has 1 aliphatic carbocycles. The third-order valence-corrected chi connectivity index (χ3v) is 6.71. The molecule has 0 amide bonds. The van der Waals surface area contributed by atoms with E-state index in [-0.39, 0.29) is 10.9 Å². The number of rotatable bonds is 5. The van der Waals surface area contributed by atoms with Crippen LogP contribution < -0.4 is 0 Å². The molecule has 0 atom stereocenters. The van der Waals surface area contributed by atoms with Gasteiger partial charge < -0.3 is 0 Å². The molecule has 1 aromatic carbocycles. The zero-order valence-electron chi connectivity index (χ0n) is 13.8. The molecule has 1 fully saturated rings. The summed E-state index contributed by atoms with van der Waals surface area (Å²) in [7, 11) is -2.32. The van der Waals surface area contributed by atoms with Crippen molar-refractivity contribution < 1.29 is 21.6 Å². The lowest BCUT2D eigenvalue weighted by Gasteiger charge is -2.33. The van der Waals surface area contributed by atoms with Crippen LogP contribution >= 0.6 is 11.6 Å². The molecule has 0 aliphatic heterocycles. The Bertz CT molecular complexity index is 694. The van der Waals surface area contributed by atoms with Crippen molar-refractivity contribution in [3.8, 4) is 0 Å². The van der Waals surface area contributed by atoms with E-state index < -0.39 is 21.8 Å². The number of hydrogen-bond acceptors (Lipinski definition) is 2. The molecule has 0 radical (unpaired) electrons. The second kappa shape index (κ2) is 8.10. The zero-order chi connectivity index (χ0) is 18.7. The minimum absolute atomic E-state index is 0.118. The van der Waals surface area contributed by atoms with Crippen molar-refractivity contribution >= 4 is 21.6 Å². The largest absolute Gasteiger partial charge is 0.416 e. The normalized spacial score (nSPS) is 22.6. The standard InChI is InChI=1S/C17H21ClF3NO2S/c1-22(15-8-4-13(5-9-15)3-2-12-18)25(23,24)16-10-6-14(7-11-16)17(19,20)21/h2-3,6-7,10-11,13,15H,4-5,8-9,12H2,1H3/b3-2+. The van der Waals surface area contributed by atoms with E-state index in [0.717, 1.165) is 37.1 Å². The number of halogens is 4. The van der Waals surface area contributed by atoms with Crippen molar-refractivity contribution in [3.63, 3.8) is 0 Å². The molecule has 8 heteroatoms. The average molecular weight is 396 g/mol. The quantitative estimate of drug-likeness (QED) is 0.536. The summed E-state index contributed by atoms with van der Waals surface area (Å²) in [6.07, 6.45) is 2.64. The Morgan fingerprint density at radius 2 is 1.72 bits per heavy atom. The van der Waals surface area contributed by atoms with Crippen LogP contribution in [0.15, 0.2) is 41.3 Å². The maximum atomic E-state index is 12.7. The lowest BCUT2D eigenvalue weighted by atomic mass is 9.86. The van der Waals surface area contributed by atoms with Crippen LogP contribution in [-0.4, -0.2) is 31.7 Å². The Morgan fingerprint density at radius 1 is 1.16 bits per heavy atom. The molecule has 0 aromatic heterocycles. The molecule has 25 heavy (non-hydrogen) atoms. The van der Waals surface area contributed by atoms with Gasteiger partial charge in [-0.3, -0.25) is 0 Å². The monoisotopic (exact) mass is 395 g/mol. The lowest BCUT2D eigenvalue weighted by Crippen LogP contribution is -2.39. The minimum atomic E-state index is -4.48. The molecule has 1 saturated carbocycles. The summed E-state index contributed by atoms with van der Waals surface area (Å²) in [5.41, 5.74) is -0.860. The molecular formula is C17H21ClF3NO2S. The van der Waals surface area contributed by atoms with Gasteiger partial charge in [0.25, 0.3) is 0 Å². The van der Waals surface area contributed by atoms with Gasteiger partial charge >= 0.3 is 6.18 Å². The van der Waals surface area contributed by atoms with E-state index in [4.69, 9.17) is 11.6 Å². The van der Waals surface area contributed by atoms with Gasteiger partial charge in [-0.2, -0.15) is 17.5 Å². The van der Waals surface area contributed by atoms with Crippen LogP contribution in [0.3, 0.4) is 0 Å². The van der Waals surface area contributed by atoms with Gasteiger partial charge in [0.15, 0.2) is 0 Å². The van der Waals surface area contributed by atoms with Gasteiger partial charge in [0.1, 0.15) is 0 Å². The first kappa shape index (κ1) is 20.3. The van der Waals surface area contributed by atoms with Crippen LogP contribution in [0.2, 0.25) is 0 Å². The predicted octanol–water partition coefficient (Wildman–Crippen LogP) is 4.68. The van der Waals surface area contributed by atoms with E-state index in [2.05, 4.69) is 6.08 Å². The first-order chi connectivity index (χ1) is 11.7. The predicted molar refractivity (Wildman–Crippen MR) is 92.0 cm³/mol. The molecule has 140 valence electrons. The van der Waals surface area contributed by atoms with Crippen molar-refractivity contribution in [1.82, 2.24) is 4.31 Å². The molecule has 3 nitrogen and oxygen atoms in total. The van der Waals surface area contributed by atoms with Crippen LogP contribution in [0.1, 0.15) is 31.2 Å². The molecule has 1 aromatic rings. The zero-order valence-corrected chi connectivity index (χ0v) is 15.4. The molecule has 2 rings (SSSR count). The topological polar surface area (TPSA) is 37.4 Å². The average Bonchev–Trinajstić information content (AvgIpc) is 2.59. The molecule has 0 N–H and O–H groups in total. The molecule has 0 bridgehead atoms. The van der Waals surface area contributed by atoms with Crippen molar-refractivity contribution in [1.29, 1.82) is 0 Å².